The van der Waals surface area contributed by atoms with Crippen LogP contribution in [0, 0.1) is 6.92 Å². The fraction of sp³-hybridized carbons (Fsp3) is 0.462. The highest BCUT2D eigenvalue weighted by Crippen LogP contribution is 2.26. The molecule has 1 aromatic rings. The fourth-order valence-corrected chi connectivity index (χ4v) is 2.30. The quantitative estimate of drug-likeness (QED) is 0.662. The topological polar surface area (TPSA) is 52.3 Å². The van der Waals surface area contributed by atoms with E-state index in [2.05, 4.69) is 18.6 Å². The van der Waals surface area contributed by atoms with Crippen molar-refractivity contribution < 1.29 is 9.53 Å². The average Bonchev–Trinajstić information content (AvgIpc) is 2.30. The first-order valence-corrected chi connectivity index (χ1v) is 6.60. The van der Waals surface area contributed by atoms with Crippen LogP contribution in [0.4, 0.5) is 5.69 Å². The van der Waals surface area contributed by atoms with Crippen LogP contribution >= 0.6 is 11.8 Å². The summed E-state index contributed by atoms with van der Waals surface area (Å²) in [6, 6.07) is 3.69. The van der Waals surface area contributed by atoms with E-state index < -0.39 is 0 Å². The van der Waals surface area contributed by atoms with Gasteiger partial charge >= 0.3 is 5.97 Å². The minimum absolute atomic E-state index is 0.381. The number of hydrogen-bond donors (Lipinski definition) is 1. The van der Waals surface area contributed by atoms with Gasteiger partial charge in [0.2, 0.25) is 0 Å². The van der Waals surface area contributed by atoms with Crippen molar-refractivity contribution in [3.05, 3.63) is 28.8 Å². The molecule has 0 aliphatic carbocycles. The molecule has 17 heavy (non-hydrogen) atoms. The number of nitrogens with two attached hydrogens (primary N) is 1. The van der Waals surface area contributed by atoms with E-state index in [-0.39, 0.29) is 5.97 Å². The van der Waals surface area contributed by atoms with E-state index >= 15 is 0 Å². The van der Waals surface area contributed by atoms with Crippen molar-refractivity contribution in [1.29, 1.82) is 0 Å². The van der Waals surface area contributed by atoms with E-state index in [1.807, 2.05) is 24.8 Å². The molecule has 0 spiro atoms. The Balaban J connectivity index is 2.98. The number of anilines is 1. The molecule has 0 radical (unpaired) electrons. The highest BCUT2D eigenvalue weighted by molar-refractivity contribution is 7.99. The lowest BCUT2D eigenvalue weighted by Gasteiger charge is -2.12. The monoisotopic (exact) mass is 253 g/mol. The zero-order chi connectivity index (χ0) is 13.0. The summed E-state index contributed by atoms with van der Waals surface area (Å²) in [4.78, 5) is 11.5. The van der Waals surface area contributed by atoms with Gasteiger partial charge in [-0.2, -0.15) is 11.8 Å². The molecular formula is C13H19NO2S. The molecule has 2 N–H and O–H groups in total. The molecule has 0 atom stereocenters. The molecule has 1 rings (SSSR count). The lowest BCUT2D eigenvalue weighted by atomic mass is 10.0. The van der Waals surface area contributed by atoms with Gasteiger partial charge in [0.15, 0.2) is 0 Å². The van der Waals surface area contributed by atoms with Crippen molar-refractivity contribution in [1.82, 2.24) is 0 Å². The largest absolute Gasteiger partial charge is 0.465 e. The van der Waals surface area contributed by atoms with Gasteiger partial charge in [0, 0.05) is 11.4 Å². The second-order valence-corrected chi connectivity index (χ2v) is 5.73. The third-order valence-electron chi connectivity index (χ3n) is 2.60. The maximum absolute atomic E-state index is 11.5. The van der Waals surface area contributed by atoms with Crippen LogP contribution in [0.2, 0.25) is 0 Å². The zero-order valence-electron chi connectivity index (χ0n) is 10.7. The molecule has 0 aromatic heterocycles. The Morgan fingerprint density at radius 3 is 2.65 bits per heavy atom. The Kier molecular flexibility index (Phi) is 4.87. The maximum atomic E-state index is 11.5. The van der Waals surface area contributed by atoms with Crippen LogP contribution in [0.25, 0.3) is 0 Å². The Morgan fingerprint density at radius 2 is 2.12 bits per heavy atom. The molecule has 0 fully saturated rings. The summed E-state index contributed by atoms with van der Waals surface area (Å²) in [5.74, 6) is 0.531. The highest BCUT2D eigenvalue weighted by atomic mass is 32.2. The summed E-state index contributed by atoms with van der Waals surface area (Å²) in [7, 11) is 1.36. The van der Waals surface area contributed by atoms with Crippen molar-refractivity contribution >= 4 is 23.4 Å². The van der Waals surface area contributed by atoms with Crippen LogP contribution in [0.1, 0.15) is 35.3 Å². The van der Waals surface area contributed by atoms with Crippen LogP contribution in [-0.2, 0) is 10.5 Å². The molecule has 0 bridgehead atoms. The number of esters is 1. The summed E-state index contributed by atoms with van der Waals surface area (Å²) < 4.78 is 4.69. The molecule has 0 amide bonds. The van der Waals surface area contributed by atoms with E-state index in [1.54, 1.807) is 6.07 Å². The van der Waals surface area contributed by atoms with Gasteiger partial charge in [-0.25, -0.2) is 4.79 Å². The van der Waals surface area contributed by atoms with E-state index in [9.17, 15) is 4.79 Å². The maximum Gasteiger partial charge on any atom is 0.339 e. The molecular weight excluding hydrogens is 234 g/mol. The second-order valence-electron chi connectivity index (χ2n) is 4.16. The second kappa shape index (κ2) is 5.96. The predicted octanol–water partition coefficient (Wildman–Crippen LogP) is 3.01. The Labute approximate surface area is 107 Å². The predicted molar refractivity (Wildman–Crippen MR) is 73.4 cm³/mol. The van der Waals surface area contributed by atoms with E-state index in [0.29, 0.717) is 16.5 Å². The first-order chi connectivity index (χ1) is 7.97. The number of benzene rings is 1. The number of hydrogen-bond acceptors (Lipinski definition) is 4. The Morgan fingerprint density at radius 1 is 1.47 bits per heavy atom. The van der Waals surface area contributed by atoms with Crippen LogP contribution < -0.4 is 5.73 Å². The summed E-state index contributed by atoms with van der Waals surface area (Å²) >= 11 is 1.86. The van der Waals surface area contributed by atoms with Crippen LogP contribution in [0.15, 0.2) is 12.1 Å². The number of ether oxygens (including phenoxy) is 1. The molecule has 0 aliphatic heterocycles. The molecule has 4 heteroatoms. The van der Waals surface area contributed by atoms with Crippen molar-refractivity contribution in [2.24, 2.45) is 0 Å². The van der Waals surface area contributed by atoms with Crippen molar-refractivity contribution in [2.45, 2.75) is 31.8 Å². The van der Waals surface area contributed by atoms with Crippen LogP contribution in [0.5, 0.6) is 0 Å². The molecule has 94 valence electrons. The van der Waals surface area contributed by atoms with Gasteiger partial charge in [-0.05, 0) is 29.4 Å². The Bertz CT molecular complexity index is 416. The lowest BCUT2D eigenvalue weighted by molar-refractivity contribution is 0.0602. The van der Waals surface area contributed by atoms with Crippen LogP contribution in [0.3, 0.4) is 0 Å². The highest BCUT2D eigenvalue weighted by Gasteiger charge is 2.13. The number of carbonyl (C=O) groups is 1. The van der Waals surface area contributed by atoms with Gasteiger partial charge in [-0.3, -0.25) is 0 Å². The molecule has 0 aliphatic rings. The third kappa shape index (κ3) is 3.40. The minimum Gasteiger partial charge on any atom is -0.465 e. The minimum atomic E-state index is -0.381. The third-order valence-corrected chi connectivity index (χ3v) is 3.75. The van der Waals surface area contributed by atoms with E-state index in [0.717, 1.165) is 11.3 Å². The van der Waals surface area contributed by atoms with Gasteiger partial charge in [0.25, 0.3) is 0 Å². The zero-order valence-corrected chi connectivity index (χ0v) is 11.6. The number of thioether (sulfide) groups is 1. The summed E-state index contributed by atoms with van der Waals surface area (Å²) in [5, 5.41) is 0.580. The van der Waals surface area contributed by atoms with Crippen molar-refractivity contribution in [3.63, 3.8) is 0 Å². The Hall–Kier alpha value is -1.16. The van der Waals surface area contributed by atoms with Gasteiger partial charge in [-0.15, -0.1) is 0 Å². The molecule has 3 nitrogen and oxygen atoms in total. The molecule has 0 heterocycles. The molecule has 0 saturated carbocycles. The van der Waals surface area contributed by atoms with E-state index in [4.69, 9.17) is 5.73 Å². The number of methoxy groups -OCH3 is 1. The van der Waals surface area contributed by atoms with Gasteiger partial charge < -0.3 is 10.5 Å². The normalized spacial score (nSPS) is 10.6. The SMILES string of the molecule is COC(=O)c1ccc(CSC(C)C)c(C)c1N. The first-order valence-electron chi connectivity index (χ1n) is 5.55. The summed E-state index contributed by atoms with van der Waals surface area (Å²) in [6.45, 7) is 6.26. The summed E-state index contributed by atoms with van der Waals surface area (Å²) in [6.07, 6.45) is 0. The first kappa shape index (κ1) is 13.9. The standard InChI is InChI=1S/C13H19NO2S/c1-8(2)17-7-10-5-6-11(13(15)16-4)12(14)9(10)3/h5-6,8H,7,14H2,1-4H3. The van der Waals surface area contributed by atoms with Crippen molar-refractivity contribution in [3.8, 4) is 0 Å². The fourth-order valence-electron chi connectivity index (χ4n) is 1.47. The number of carbonyl (C=O) groups excluding carboxylic acids is 1. The summed E-state index contributed by atoms with van der Waals surface area (Å²) in [5.41, 5.74) is 9.08. The van der Waals surface area contributed by atoms with E-state index in [1.165, 1.54) is 12.7 Å². The van der Waals surface area contributed by atoms with Crippen LogP contribution in [-0.4, -0.2) is 18.3 Å². The molecule has 1 aromatic carbocycles. The molecule has 0 saturated heterocycles. The number of nitrogen functional groups attached to an aromatic ring is 1. The molecule has 0 unspecified atom stereocenters. The lowest BCUT2D eigenvalue weighted by Crippen LogP contribution is -2.08. The van der Waals surface area contributed by atoms with Crippen molar-refractivity contribution in [2.75, 3.05) is 12.8 Å². The van der Waals surface area contributed by atoms with Gasteiger partial charge in [0.1, 0.15) is 0 Å². The number of rotatable bonds is 4. The van der Waals surface area contributed by atoms with Gasteiger partial charge in [0.05, 0.1) is 12.7 Å². The smallest absolute Gasteiger partial charge is 0.339 e. The average molecular weight is 253 g/mol. The van der Waals surface area contributed by atoms with Gasteiger partial charge in [-0.1, -0.05) is 19.9 Å².